The maximum atomic E-state index is 11.6. The minimum Gasteiger partial charge on any atom is -0.359 e. The summed E-state index contributed by atoms with van der Waals surface area (Å²) in [4.78, 5) is 2.39. The average molecular weight is 411 g/mol. The molecule has 6 heteroatoms. The topological polar surface area (TPSA) is 63.4 Å². The predicted octanol–water partition coefficient (Wildman–Crippen LogP) is 4.27. The number of nitrogens with zero attached hydrogens (tertiary/aromatic N) is 2. The van der Waals surface area contributed by atoms with E-state index in [1.165, 1.54) is 11.8 Å². The van der Waals surface area contributed by atoms with E-state index >= 15 is 0 Å². The molecule has 2 heterocycles. The van der Waals surface area contributed by atoms with Crippen LogP contribution >= 0.6 is 0 Å². The van der Waals surface area contributed by atoms with E-state index in [-0.39, 0.29) is 5.75 Å². The van der Waals surface area contributed by atoms with E-state index < -0.39 is 9.84 Å². The van der Waals surface area contributed by atoms with Gasteiger partial charge in [-0.3, -0.25) is 4.90 Å². The molecule has 0 aliphatic carbocycles. The summed E-state index contributed by atoms with van der Waals surface area (Å²) in [7, 11) is -3.01. The average Bonchev–Trinajstić information content (AvgIpc) is 3.17. The summed E-state index contributed by atoms with van der Waals surface area (Å²) in [5.41, 5.74) is 4.06. The molecule has 5 nitrogen and oxygen atoms in total. The van der Waals surface area contributed by atoms with Crippen molar-refractivity contribution in [2.45, 2.75) is 31.1 Å². The van der Waals surface area contributed by atoms with Crippen LogP contribution in [-0.2, 0) is 22.1 Å². The molecule has 1 aliphatic rings. The Morgan fingerprint density at radius 2 is 1.79 bits per heavy atom. The third kappa shape index (κ3) is 5.34. The van der Waals surface area contributed by atoms with Gasteiger partial charge >= 0.3 is 0 Å². The van der Waals surface area contributed by atoms with Crippen LogP contribution in [0.5, 0.6) is 0 Å². The van der Waals surface area contributed by atoms with Crippen molar-refractivity contribution in [3.05, 3.63) is 77.6 Å². The molecule has 0 bridgehead atoms. The first kappa shape index (κ1) is 19.9. The van der Waals surface area contributed by atoms with Gasteiger partial charge < -0.3 is 4.52 Å². The van der Waals surface area contributed by atoms with Crippen LogP contribution in [0, 0.1) is 0 Å². The van der Waals surface area contributed by atoms with Crippen molar-refractivity contribution < 1.29 is 12.9 Å². The molecule has 0 amide bonds. The lowest BCUT2D eigenvalue weighted by atomic mass is 9.88. The Hall–Kier alpha value is -2.44. The van der Waals surface area contributed by atoms with Gasteiger partial charge in [0.2, 0.25) is 0 Å². The Morgan fingerprint density at radius 3 is 2.52 bits per heavy atom. The number of aromatic nitrogens is 1. The first-order chi connectivity index (χ1) is 14.0. The zero-order chi connectivity index (χ0) is 20.3. The maximum absolute atomic E-state index is 11.6. The summed E-state index contributed by atoms with van der Waals surface area (Å²) < 4.78 is 28.7. The fourth-order valence-electron chi connectivity index (χ4n) is 4.02. The summed E-state index contributed by atoms with van der Waals surface area (Å²) in [5, 5.41) is 4.20. The number of benzene rings is 2. The molecule has 0 N–H and O–H groups in total. The molecule has 2 aromatic carbocycles. The lowest BCUT2D eigenvalue weighted by molar-refractivity contribution is 0.184. The smallest absolute Gasteiger partial charge is 0.151 e. The quantitative estimate of drug-likeness (QED) is 0.607. The minimum atomic E-state index is -3.01. The molecule has 0 saturated carbocycles. The van der Waals surface area contributed by atoms with E-state index in [9.17, 15) is 8.42 Å². The number of sulfone groups is 1. The molecule has 1 aliphatic heterocycles. The summed E-state index contributed by atoms with van der Waals surface area (Å²) in [6.07, 6.45) is 3.40. The Morgan fingerprint density at radius 1 is 1.03 bits per heavy atom. The molecule has 0 unspecified atom stereocenters. The molecule has 1 saturated heterocycles. The molecule has 0 atom stereocenters. The van der Waals surface area contributed by atoms with Gasteiger partial charge in [0.25, 0.3) is 0 Å². The maximum Gasteiger partial charge on any atom is 0.151 e. The summed E-state index contributed by atoms with van der Waals surface area (Å²) in [6, 6.07) is 20.1. The first-order valence-corrected chi connectivity index (χ1v) is 12.0. The highest BCUT2D eigenvalue weighted by atomic mass is 32.2. The van der Waals surface area contributed by atoms with Crippen molar-refractivity contribution in [2.75, 3.05) is 19.3 Å². The van der Waals surface area contributed by atoms with Gasteiger partial charge in [-0.05, 0) is 43.0 Å². The van der Waals surface area contributed by atoms with Crippen LogP contribution in [0.15, 0.2) is 65.2 Å². The van der Waals surface area contributed by atoms with Crippen LogP contribution < -0.4 is 0 Å². The van der Waals surface area contributed by atoms with Crippen LogP contribution in [0.1, 0.15) is 35.6 Å². The third-order valence-corrected chi connectivity index (χ3v) is 6.30. The molecule has 1 aromatic heterocycles. The van der Waals surface area contributed by atoms with Crippen LogP contribution in [-0.4, -0.2) is 37.8 Å². The Balaban J connectivity index is 1.34. The van der Waals surface area contributed by atoms with Crippen molar-refractivity contribution in [3.63, 3.8) is 0 Å². The SMILES string of the molecule is CS(=O)(=O)Cc1cccc(C2CCN(Cc3cc(-c4ccccc4)no3)CC2)c1. The summed E-state index contributed by atoms with van der Waals surface area (Å²) >= 11 is 0. The molecular weight excluding hydrogens is 384 g/mol. The van der Waals surface area contributed by atoms with E-state index in [4.69, 9.17) is 4.52 Å². The standard InChI is InChI=1S/C23H26N2O3S/c1-29(26,27)17-18-6-5-9-21(14-18)19-10-12-25(13-11-19)16-22-15-23(24-28-22)20-7-3-2-4-8-20/h2-9,14-15,19H,10-13,16-17H2,1H3. The molecule has 4 rings (SSSR count). The second-order valence-electron chi connectivity index (χ2n) is 7.91. The second-order valence-corrected chi connectivity index (χ2v) is 10.1. The first-order valence-electron chi connectivity index (χ1n) is 9.96. The molecule has 152 valence electrons. The van der Waals surface area contributed by atoms with E-state index in [1.807, 2.05) is 48.5 Å². The van der Waals surface area contributed by atoms with E-state index in [0.29, 0.717) is 5.92 Å². The van der Waals surface area contributed by atoms with Gasteiger partial charge in [-0.1, -0.05) is 59.8 Å². The zero-order valence-electron chi connectivity index (χ0n) is 16.6. The minimum absolute atomic E-state index is 0.106. The van der Waals surface area contributed by atoms with E-state index in [2.05, 4.69) is 22.2 Å². The molecule has 3 aromatic rings. The fraction of sp³-hybridized carbons (Fsp3) is 0.348. The van der Waals surface area contributed by atoms with Crippen LogP contribution in [0.4, 0.5) is 0 Å². The predicted molar refractivity (Wildman–Crippen MR) is 114 cm³/mol. The highest BCUT2D eigenvalue weighted by Gasteiger charge is 2.22. The molecule has 0 spiro atoms. The van der Waals surface area contributed by atoms with Gasteiger partial charge in [-0.2, -0.15) is 0 Å². The third-order valence-electron chi connectivity index (χ3n) is 5.45. The van der Waals surface area contributed by atoms with Gasteiger partial charge in [0.15, 0.2) is 15.6 Å². The highest BCUT2D eigenvalue weighted by molar-refractivity contribution is 7.89. The molecular formula is C23H26N2O3S. The largest absolute Gasteiger partial charge is 0.359 e. The van der Waals surface area contributed by atoms with Crippen molar-refractivity contribution in [2.24, 2.45) is 0 Å². The Bertz CT molecular complexity index is 1050. The molecule has 29 heavy (non-hydrogen) atoms. The summed E-state index contributed by atoms with van der Waals surface area (Å²) in [5.74, 6) is 1.47. The highest BCUT2D eigenvalue weighted by Crippen LogP contribution is 2.30. The number of piperidine rings is 1. The number of likely N-dealkylation sites (tertiary alicyclic amines) is 1. The number of rotatable bonds is 6. The van der Waals surface area contributed by atoms with Crippen LogP contribution in [0.3, 0.4) is 0 Å². The Labute approximate surface area is 172 Å². The number of hydrogen-bond acceptors (Lipinski definition) is 5. The summed E-state index contributed by atoms with van der Waals surface area (Å²) in [6.45, 7) is 2.74. The van der Waals surface area contributed by atoms with E-state index in [1.54, 1.807) is 0 Å². The van der Waals surface area contributed by atoms with E-state index in [0.717, 1.165) is 55.1 Å². The van der Waals surface area contributed by atoms with Gasteiger partial charge in [0, 0.05) is 17.9 Å². The monoisotopic (exact) mass is 410 g/mol. The number of hydrogen-bond donors (Lipinski definition) is 0. The van der Waals surface area contributed by atoms with Crippen molar-refractivity contribution in [3.8, 4) is 11.3 Å². The lowest BCUT2D eigenvalue weighted by Gasteiger charge is -2.31. The van der Waals surface area contributed by atoms with Crippen molar-refractivity contribution >= 4 is 9.84 Å². The second kappa shape index (κ2) is 8.51. The van der Waals surface area contributed by atoms with Gasteiger partial charge in [-0.25, -0.2) is 8.42 Å². The van der Waals surface area contributed by atoms with Crippen LogP contribution in [0.25, 0.3) is 11.3 Å². The lowest BCUT2D eigenvalue weighted by Crippen LogP contribution is -2.32. The zero-order valence-corrected chi connectivity index (χ0v) is 17.4. The van der Waals surface area contributed by atoms with Crippen molar-refractivity contribution in [1.29, 1.82) is 0 Å². The van der Waals surface area contributed by atoms with Gasteiger partial charge in [0.05, 0.1) is 12.3 Å². The van der Waals surface area contributed by atoms with Crippen molar-refractivity contribution in [1.82, 2.24) is 10.1 Å². The molecule has 0 radical (unpaired) electrons. The fourth-order valence-corrected chi connectivity index (χ4v) is 4.80. The van der Waals surface area contributed by atoms with Crippen LogP contribution in [0.2, 0.25) is 0 Å². The normalized spacial score (nSPS) is 16.2. The molecule has 1 fully saturated rings. The van der Waals surface area contributed by atoms with Gasteiger partial charge in [-0.15, -0.1) is 0 Å². The Kier molecular flexibility index (Phi) is 5.83. The van der Waals surface area contributed by atoms with Gasteiger partial charge in [0.1, 0.15) is 5.69 Å².